The Morgan fingerprint density at radius 2 is 2.04 bits per heavy atom. The van der Waals surface area contributed by atoms with Gasteiger partial charge in [0, 0.05) is 49.0 Å². The molecule has 1 aliphatic carbocycles. The van der Waals surface area contributed by atoms with E-state index in [2.05, 4.69) is 15.0 Å². The fourth-order valence-corrected chi connectivity index (χ4v) is 4.68. The number of fused-ring (bicyclic) bond motifs is 3. The fourth-order valence-electron chi connectivity index (χ4n) is 4.68. The zero-order chi connectivity index (χ0) is 18.5. The molecule has 3 heterocycles. The van der Waals surface area contributed by atoms with E-state index >= 15 is 0 Å². The highest BCUT2D eigenvalue weighted by Gasteiger charge is 2.36. The molecule has 5 rings (SSSR count). The molecule has 0 spiro atoms. The van der Waals surface area contributed by atoms with Gasteiger partial charge in [0.2, 0.25) is 0 Å². The van der Waals surface area contributed by atoms with E-state index in [1.807, 2.05) is 16.8 Å². The van der Waals surface area contributed by atoms with Gasteiger partial charge in [0.05, 0.1) is 5.69 Å². The molecule has 2 aromatic heterocycles. The topological polar surface area (TPSA) is 59.5 Å². The summed E-state index contributed by atoms with van der Waals surface area (Å²) in [5.74, 6) is -0.913. The van der Waals surface area contributed by atoms with Gasteiger partial charge in [0.25, 0.3) is 0 Å². The molecule has 0 amide bonds. The minimum Gasteiger partial charge on any atom is -0.327 e. The van der Waals surface area contributed by atoms with Gasteiger partial charge < -0.3 is 5.73 Å². The predicted octanol–water partition coefficient (Wildman–Crippen LogP) is 2.99. The van der Waals surface area contributed by atoms with E-state index in [-0.39, 0.29) is 17.8 Å². The second kappa shape index (κ2) is 6.35. The largest absolute Gasteiger partial charge is 0.327 e. The Bertz CT molecular complexity index is 1000. The van der Waals surface area contributed by atoms with E-state index in [1.54, 1.807) is 6.20 Å². The maximum Gasteiger partial charge on any atom is 0.159 e. The van der Waals surface area contributed by atoms with Gasteiger partial charge in [-0.25, -0.2) is 18.3 Å². The number of hydrogen-bond donors (Lipinski definition) is 1. The van der Waals surface area contributed by atoms with Crippen LogP contribution in [0.1, 0.15) is 42.0 Å². The van der Waals surface area contributed by atoms with Crippen molar-refractivity contribution >= 4 is 5.65 Å². The molecule has 1 fully saturated rings. The van der Waals surface area contributed by atoms with Crippen LogP contribution in [-0.2, 0) is 13.1 Å². The van der Waals surface area contributed by atoms with Crippen molar-refractivity contribution in [3.8, 4) is 0 Å². The van der Waals surface area contributed by atoms with Crippen LogP contribution in [-0.4, -0.2) is 31.6 Å². The van der Waals surface area contributed by atoms with Crippen LogP contribution in [0.4, 0.5) is 8.78 Å². The number of halogens is 2. The summed E-state index contributed by atoms with van der Waals surface area (Å²) in [6.07, 6.45) is 6.14. The minimum absolute atomic E-state index is 0.137. The molecule has 27 heavy (non-hydrogen) atoms. The average molecular weight is 369 g/mol. The first-order chi connectivity index (χ1) is 13.1. The number of rotatable bonds is 2. The molecular formula is C20H21F2N5. The zero-order valence-corrected chi connectivity index (χ0v) is 14.9. The van der Waals surface area contributed by atoms with Crippen LogP contribution in [0.15, 0.2) is 36.7 Å². The van der Waals surface area contributed by atoms with Gasteiger partial charge in [-0.1, -0.05) is 0 Å². The first-order valence-electron chi connectivity index (χ1n) is 9.36. The monoisotopic (exact) mass is 369 g/mol. The molecule has 0 saturated heterocycles. The van der Waals surface area contributed by atoms with Crippen LogP contribution in [0.5, 0.6) is 0 Å². The Hall–Kier alpha value is -2.38. The number of aromatic nitrogens is 3. The SMILES string of the molecule is N[C@H]1C[C@H](N2Cc3nn4cccnc4c3C2)CC[C@@H]1c1cc(F)ccc1F. The van der Waals surface area contributed by atoms with Gasteiger partial charge in [-0.3, -0.25) is 4.90 Å². The van der Waals surface area contributed by atoms with Crippen LogP contribution in [0.25, 0.3) is 5.65 Å². The second-order valence-corrected chi connectivity index (χ2v) is 7.62. The maximum absolute atomic E-state index is 14.2. The van der Waals surface area contributed by atoms with E-state index in [1.165, 1.54) is 17.7 Å². The second-order valence-electron chi connectivity index (χ2n) is 7.62. The van der Waals surface area contributed by atoms with Gasteiger partial charge in [-0.05, 0) is 49.1 Å². The smallest absolute Gasteiger partial charge is 0.159 e. The Kier molecular flexibility index (Phi) is 3.94. The van der Waals surface area contributed by atoms with Crippen molar-refractivity contribution in [1.82, 2.24) is 19.5 Å². The lowest BCUT2D eigenvalue weighted by Crippen LogP contribution is -2.44. The first kappa shape index (κ1) is 16.8. The molecule has 2 N–H and O–H groups in total. The van der Waals surface area contributed by atoms with Crippen LogP contribution in [0, 0.1) is 11.6 Å². The predicted molar refractivity (Wildman–Crippen MR) is 96.9 cm³/mol. The van der Waals surface area contributed by atoms with E-state index in [9.17, 15) is 8.78 Å². The van der Waals surface area contributed by atoms with Crippen molar-refractivity contribution in [2.24, 2.45) is 5.73 Å². The highest BCUT2D eigenvalue weighted by molar-refractivity contribution is 5.51. The normalized spacial score (nSPS) is 25.8. The van der Waals surface area contributed by atoms with Crippen molar-refractivity contribution in [3.05, 3.63) is 65.1 Å². The molecule has 3 atom stereocenters. The Morgan fingerprint density at radius 3 is 2.89 bits per heavy atom. The number of benzene rings is 1. The van der Waals surface area contributed by atoms with Crippen molar-refractivity contribution in [2.45, 2.75) is 50.4 Å². The summed E-state index contributed by atoms with van der Waals surface area (Å²) in [6.45, 7) is 1.60. The summed E-state index contributed by atoms with van der Waals surface area (Å²) in [5.41, 5.74) is 9.99. The van der Waals surface area contributed by atoms with Gasteiger partial charge in [-0.15, -0.1) is 0 Å². The molecule has 7 heteroatoms. The lowest BCUT2D eigenvalue weighted by Gasteiger charge is -2.38. The lowest BCUT2D eigenvalue weighted by atomic mass is 9.77. The molecule has 1 aliphatic heterocycles. The molecule has 2 aliphatic rings. The summed E-state index contributed by atoms with van der Waals surface area (Å²) in [6, 6.07) is 5.66. The first-order valence-corrected chi connectivity index (χ1v) is 9.36. The van der Waals surface area contributed by atoms with Crippen LogP contribution < -0.4 is 5.73 Å². The van der Waals surface area contributed by atoms with Crippen molar-refractivity contribution in [3.63, 3.8) is 0 Å². The molecule has 140 valence electrons. The average Bonchev–Trinajstić information content (AvgIpc) is 3.22. The van der Waals surface area contributed by atoms with Crippen molar-refractivity contribution in [2.75, 3.05) is 0 Å². The molecule has 0 radical (unpaired) electrons. The van der Waals surface area contributed by atoms with Gasteiger partial charge in [0.1, 0.15) is 11.6 Å². The summed E-state index contributed by atoms with van der Waals surface area (Å²) in [4.78, 5) is 6.84. The Morgan fingerprint density at radius 1 is 1.15 bits per heavy atom. The van der Waals surface area contributed by atoms with Gasteiger partial charge in [-0.2, -0.15) is 5.10 Å². The molecule has 1 aromatic carbocycles. The van der Waals surface area contributed by atoms with E-state index in [0.717, 1.165) is 49.8 Å². The summed E-state index contributed by atoms with van der Waals surface area (Å²) >= 11 is 0. The lowest BCUT2D eigenvalue weighted by molar-refractivity contribution is 0.136. The van der Waals surface area contributed by atoms with E-state index in [0.29, 0.717) is 11.6 Å². The molecule has 1 saturated carbocycles. The maximum atomic E-state index is 14.2. The third kappa shape index (κ3) is 2.82. The van der Waals surface area contributed by atoms with Gasteiger partial charge in [0.15, 0.2) is 5.65 Å². The Labute approximate surface area is 155 Å². The molecule has 0 unspecified atom stereocenters. The van der Waals surface area contributed by atoms with E-state index < -0.39 is 5.82 Å². The fraction of sp³-hybridized carbons (Fsp3) is 0.400. The standard InChI is InChI=1S/C20H21F2N5/c21-12-2-5-17(22)15(8-12)14-4-3-13(9-18(14)23)26-10-16-19(11-26)25-27-7-1-6-24-20(16)27/h1-2,5-8,13-14,18H,3-4,9-11,23H2/t13-,14-,18+/m1/s1. The van der Waals surface area contributed by atoms with Crippen molar-refractivity contribution in [1.29, 1.82) is 0 Å². The summed E-state index contributed by atoms with van der Waals surface area (Å²) in [7, 11) is 0. The van der Waals surface area contributed by atoms with Crippen LogP contribution in [0.2, 0.25) is 0 Å². The highest BCUT2D eigenvalue weighted by Crippen LogP contribution is 2.38. The van der Waals surface area contributed by atoms with Crippen LogP contribution >= 0.6 is 0 Å². The quantitative estimate of drug-likeness (QED) is 0.754. The Balaban J connectivity index is 1.32. The number of nitrogens with two attached hydrogens (primary N) is 1. The third-order valence-electron chi connectivity index (χ3n) is 6.03. The minimum atomic E-state index is -0.411. The summed E-state index contributed by atoms with van der Waals surface area (Å²) in [5, 5.41) is 4.63. The summed E-state index contributed by atoms with van der Waals surface area (Å²) < 4.78 is 29.6. The molecular weight excluding hydrogens is 348 g/mol. The third-order valence-corrected chi connectivity index (χ3v) is 6.03. The number of hydrogen-bond acceptors (Lipinski definition) is 4. The van der Waals surface area contributed by atoms with Crippen molar-refractivity contribution < 1.29 is 8.78 Å². The highest BCUT2D eigenvalue weighted by atomic mass is 19.1. The molecule has 3 aromatic rings. The molecule has 5 nitrogen and oxygen atoms in total. The van der Waals surface area contributed by atoms with E-state index in [4.69, 9.17) is 5.73 Å². The molecule has 0 bridgehead atoms. The van der Waals surface area contributed by atoms with Crippen LogP contribution in [0.3, 0.4) is 0 Å². The zero-order valence-electron chi connectivity index (χ0n) is 14.9. The van der Waals surface area contributed by atoms with Gasteiger partial charge >= 0.3 is 0 Å². The number of nitrogens with zero attached hydrogens (tertiary/aromatic N) is 4.